The Hall–Kier alpha value is -2.23. The molecule has 0 unspecified atom stereocenters. The zero-order valence-corrected chi connectivity index (χ0v) is 16.5. The predicted molar refractivity (Wildman–Crippen MR) is 102 cm³/mol. The molecule has 1 N–H and O–H groups in total. The number of halogens is 3. The average molecular weight is 413 g/mol. The van der Waals surface area contributed by atoms with Gasteiger partial charge >= 0.3 is 6.18 Å². The van der Waals surface area contributed by atoms with Crippen LogP contribution in [0.15, 0.2) is 29.4 Å². The second-order valence-corrected chi connectivity index (χ2v) is 8.01. The molecule has 1 aromatic heterocycles. The second kappa shape index (κ2) is 8.42. The molecule has 1 atom stereocenters. The number of carbonyl (C=O) groups is 1. The molecule has 1 saturated heterocycles. The Morgan fingerprint density at radius 2 is 1.79 bits per heavy atom. The molecule has 1 fully saturated rings. The van der Waals surface area contributed by atoms with Crippen LogP contribution in [0.2, 0.25) is 0 Å². The fourth-order valence-corrected chi connectivity index (χ4v) is 3.84. The highest BCUT2D eigenvalue weighted by molar-refractivity contribution is 8.00. The van der Waals surface area contributed by atoms with Gasteiger partial charge in [-0.05, 0) is 50.5 Å². The summed E-state index contributed by atoms with van der Waals surface area (Å²) in [7, 11) is 1.23. The van der Waals surface area contributed by atoms with Crippen LogP contribution in [0.1, 0.15) is 32.0 Å². The molecular formula is C18H22F3N5OS. The number of nitrogens with zero attached hydrogens (tertiary/aromatic N) is 4. The fourth-order valence-electron chi connectivity index (χ4n) is 3.03. The molecule has 0 radical (unpaired) electrons. The van der Waals surface area contributed by atoms with Crippen molar-refractivity contribution in [3.05, 3.63) is 30.1 Å². The Bertz CT molecular complexity index is 816. The molecular weight excluding hydrogens is 391 g/mol. The molecule has 3 rings (SSSR count). The number of nitrogens with one attached hydrogen (secondary N) is 1. The SMILES string of the molecule is C[C@H](Sc1nnc(C(F)(F)F)n1C)C(=O)Nc1ccc(N2CCCCC2)cc1. The molecule has 1 aliphatic rings. The molecule has 0 spiro atoms. The van der Waals surface area contributed by atoms with Crippen molar-refractivity contribution in [1.82, 2.24) is 14.8 Å². The molecule has 2 heterocycles. The number of rotatable bonds is 5. The van der Waals surface area contributed by atoms with E-state index in [9.17, 15) is 18.0 Å². The number of benzene rings is 1. The summed E-state index contributed by atoms with van der Waals surface area (Å²) in [5.74, 6) is -1.40. The normalized spacial score (nSPS) is 16.1. The van der Waals surface area contributed by atoms with Gasteiger partial charge in [-0.2, -0.15) is 13.2 Å². The van der Waals surface area contributed by atoms with Crippen molar-refractivity contribution in [3.63, 3.8) is 0 Å². The summed E-state index contributed by atoms with van der Waals surface area (Å²) >= 11 is 0.929. The molecule has 1 aliphatic heterocycles. The number of carbonyl (C=O) groups excluding carboxylic acids is 1. The zero-order valence-electron chi connectivity index (χ0n) is 15.7. The topological polar surface area (TPSA) is 63.1 Å². The third-order valence-corrected chi connectivity index (χ3v) is 5.73. The van der Waals surface area contributed by atoms with Crippen LogP contribution in [-0.2, 0) is 18.0 Å². The third kappa shape index (κ3) is 4.78. The predicted octanol–water partition coefficient (Wildman–Crippen LogP) is 3.94. The van der Waals surface area contributed by atoms with Gasteiger partial charge in [0, 0.05) is 31.5 Å². The first-order valence-corrected chi connectivity index (χ1v) is 9.93. The molecule has 28 heavy (non-hydrogen) atoms. The summed E-state index contributed by atoms with van der Waals surface area (Å²) in [6.45, 7) is 3.69. The number of anilines is 2. The number of piperidine rings is 1. The van der Waals surface area contributed by atoms with Gasteiger partial charge in [-0.15, -0.1) is 10.2 Å². The molecule has 152 valence electrons. The van der Waals surface area contributed by atoms with Crippen LogP contribution in [-0.4, -0.2) is 39.0 Å². The van der Waals surface area contributed by atoms with E-state index >= 15 is 0 Å². The first kappa shape index (κ1) is 20.5. The van der Waals surface area contributed by atoms with E-state index in [2.05, 4.69) is 20.4 Å². The number of hydrogen-bond donors (Lipinski definition) is 1. The number of alkyl halides is 3. The Morgan fingerprint density at radius 3 is 2.36 bits per heavy atom. The maximum absolute atomic E-state index is 12.8. The molecule has 0 bridgehead atoms. The van der Waals surface area contributed by atoms with Gasteiger partial charge in [-0.25, -0.2) is 0 Å². The Kier molecular flexibility index (Phi) is 6.17. The van der Waals surface area contributed by atoms with Crippen molar-refractivity contribution in [3.8, 4) is 0 Å². The van der Waals surface area contributed by atoms with Crippen molar-refractivity contribution in [1.29, 1.82) is 0 Å². The number of hydrogen-bond acceptors (Lipinski definition) is 5. The number of thioether (sulfide) groups is 1. The maximum atomic E-state index is 12.8. The van der Waals surface area contributed by atoms with E-state index in [1.165, 1.54) is 26.3 Å². The van der Waals surface area contributed by atoms with Gasteiger partial charge in [0.05, 0.1) is 5.25 Å². The van der Waals surface area contributed by atoms with Crippen LogP contribution in [0.5, 0.6) is 0 Å². The highest BCUT2D eigenvalue weighted by Gasteiger charge is 2.37. The summed E-state index contributed by atoms with van der Waals surface area (Å²) in [6.07, 6.45) is -0.949. The van der Waals surface area contributed by atoms with Crippen LogP contribution in [0.3, 0.4) is 0 Å². The van der Waals surface area contributed by atoms with E-state index in [4.69, 9.17) is 0 Å². The van der Waals surface area contributed by atoms with E-state index < -0.39 is 17.3 Å². The van der Waals surface area contributed by atoms with E-state index in [1.54, 1.807) is 6.92 Å². The minimum Gasteiger partial charge on any atom is -0.372 e. The van der Waals surface area contributed by atoms with E-state index in [1.807, 2.05) is 24.3 Å². The van der Waals surface area contributed by atoms with Crippen LogP contribution < -0.4 is 10.2 Å². The van der Waals surface area contributed by atoms with Gasteiger partial charge in [-0.1, -0.05) is 11.8 Å². The van der Waals surface area contributed by atoms with Crippen LogP contribution in [0.25, 0.3) is 0 Å². The number of aromatic nitrogens is 3. The lowest BCUT2D eigenvalue weighted by Crippen LogP contribution is -2.29. The maximum Gasteiger partial charge on any atom is 0.451 e. The van der Waals surface area contributed by atoms with E-state index in [0.29, 0.717) is 5.69 Å². The number of amides is 1. The van der Waals surface area contributed by atoms with Crippen molar-refractivity contribution in [2.24, 2.45) is 7.05 Å². The molecule has 0 saturated carbocycles. The van der Waals surface area contributed by atoms with Crippen molar-refractivity contribution >= 4 is 29.0 Å². The molecule has 10 heteroatoms. The Morgan fingerprint density at radius 1 is 1.14 bits per heavy atom. The summed E-state index contributed by atoms with van der Waals surface area (Å²) < 4.78 is 39.2. The minimum atomic E-state index is -4.58. The molecule has 6 nitrogen and oxygen atoms in total. The second-order valence-electron chi connectivity index (χ2n) is 6.71. The van der Waals surface area contributed by atoms with Gasteiger partial charge in [-0.3, -0.25) is 4.79 Å². The monoisotopic (exact) mass is 413 g/mol. The van der Waals surface area contributed by atoms with Gasteiger partial charge in [0.25, 0.3) is 0 Å². The highest BCUT2D eigenvalue weighted by Crippen LogP contribution is 2.31. The summed E-state index contributed by atoms with van der Waals surface area (Å²) in [5.41, 5.74) is 1.77. The Labute approximate surface area is 165 Å². The average Bonchev–Trinajstić information content (AvgIpc) is 3.03. The lowest BCUT2D eigenvalue weighted by molar-refractivity contribution is -0.147. The third-order valence-electron chi connectivity index (χ3n) is 4.60. The van der Waals surface area contributed by atoms with Crippen molar-refractivity contribution in [2.75, 3.05) is 23.3 Å². The smallest absolute Gasteiger partial charge is 0.372 e. The van der Waals surface area contributed by atoms with Crippen LogP contribution >= 0.6 is 11.8 Å². The standard InChI is InChI=1S/C18H22F3N5OS/c1-12(28-17-24-23-16(25(17)2)18(19,20)21)15(27)22-13-6-8-14(9-7-13)26-10-4-3-5-11-26/h6-9,12H,3-5,10-11H2,1-2H3,(H,22,27)/t12-/m0/s1. The fraction of sp³-hybridized carbons (Fsp3) is 0.500. The van der Waals surface area contributed by atoms with Gasteiger partial charge in [0.2, 0.25) is 11.7 Å². The molecule has 2 aromatic rings. The summed E-state index contributed by atoms with van der Waals surface area (Å²) in [6, 6.07) is 7.61. The van der Waals surface area contributed by atoms with Gasteiger partial charge in [0.15, 0.2) is 5.16 Å². The largest absolute Gasteiger partial charge is 0.451 e. The van der Waals surface area contributed by atoms with Gasteiger partial charge in [0.1, 0.15) is 0 Å². The minimum absolute atomic E-state index is 0.0374. The lowest BCUT2D eigenvalue weighted by atomic mass is 10.1. The summed E-state index contributed by atoms with van der Waals surface area (Å²) in [5, 5.41) is 8.91. The van der Waals surface area contributed by atoms with Crippen LogP contribution in [0.4, 0.5) is 24.5 Å². The first-order valence-electron chi connectivity index (χ1n) is 9.05. The van der Waals surface area contributed by atoms with E-state index in [-0.39, 0.29) is 11.1 Å². The van der Waals surface area contributed by atoms with Crippen molar-refractivity contribution in [2.45, 2.75) is 42.8 Å². The lowest BCUT2D eigenvalue weighted by Gasteiger charge is -2.28. The first-order chi connectivity index (χ1) is 13.3. The van der Waals surface area contributed by atoms with E-state index in [0.717, 1.165) is 35.1 Å². The quantitative estimate of drug-likeness (QED) is 0.753. The Balaban J connectivity index is 1.59. The zero-order chi connectivity index (χ0) is 20.3. The summed E-state index contributed by atoms with van der Waals surface area (Å²) in [4.78, 5) is 14.7. The molecule has 0 aliphatic carbocycles. The molecule has 1 amide bonds. The van der Waals surface area contributed by atoms with Crippen molar-refractivity contribution < 1.29 is 18.0 Å². The van der Waals surface area contributed by atoms with Gasteiger partial charge < -0.3 is 14.8 Å². The van der Waals surface area contributed by atoms with Crippen LogP contribution in [0, 0.1) is 0 Å². The molecule has 1 aromatic carbocycles. The highest BCUT2D eigenvalue weighted by atomic mass is 32.2.